The number of hydrogen-bond acceptors (Lipinski definition) is 3. The van der Waals surface area contributed by atoms with Gasteiger partial charge in [-0.1, -0.05) is 6.92 Å². The van der Waals surface area contributed by atoms with Crippen molar-refractivity contribution in [1.29, 1.82) is 0 Å². The molecule has 5 nitrogen and oxygen atoms in total. The average molecular weight is 392 g/mol. The molecule has 102 valence electrons. The molecule has 0 bridgehead atoms. The topological polar surface area (TPSA) is 78.4 Å². The Kier molecular flexibility index (Phi) is 6.16. The molecule has 3 N–H and O–H groups in total. The van der Waals surface area contributed by atoms with Gasteiger partial charge in [-0.3, -0.25) is 4.79 Å². The van der Waals surface area contributed by atoms with Crippen LogP contribution in [0.5, 0.6) is 0 Å². The average Bonchev–Trinajstić information content (AvgIpc) is 2.31. The molecule has 0 saturated heterocycles. The molecule has 0 aromatic heterocycles. The first kappa shape index (κ1) is 15.8. The monoisotopic (exact) mass is 392 g/mol. The molecule has 0 atom stereocenters. The van der Waals surface area contributed by atoms with E-state index in [-0.39, 0.29) is 16.6 Å². The van der Waals surface area contributed by atoms with E-state index in [4.69, 9.17) is 17.3 Å². The summed E-state index contributed by atoms with van der Waals surface area (Å²) in [6.07, 6.45) is 1.10. The van der Waals surface area contributed by atoms with Crippen molar-refractivity contribution in [1.82, 2.24) is 5.32 Å². The Hall–Kier alpha value is -1.22. The van der Waals surface area contributed by atoms with Crippen molar-refractivity contribution in [3.63, 3.8) is 0 Å². The number of carboxylic acid groups (broad SMARTS) is 1. The van der Waals surface area contributed by atoms with Gasteiger partial charge in [0, 0.05) is 9.99 Å². The standard InChI is InChI=1S/C12H13IN2O3S/c1-2-3-10(16)15-12(19)14-9-5-4-7(13)6-8(9)11(17)18/h4-6H,2-3H2,1H3,(H,17,18)(H2,14,15,16,19). The van der Waals surface area contributed by atoms with Crippen LogP contribution in [0.3, 0.4) is 0 Å². The van der Waals surface area contributed by atoms with E-state index < -0.39 is 5.97 Å². The van der Waals surface area contributed by atoms with Crippen LogP contribution in [-0.4, -0.2) is 22.1 Å². The highest BCUT2D eigenvalue weighted by Gasteiger charge is 2.12. The minimum atomic E-state index is -1.05. The molecule has 0 radical (unpaired) electrons. The summed E-state index contributed by atoms with van der Waals surface area (Å²) in [7, 11) is 0. The van der Waals surface area contributed by atoms with E-state index in [2.05, 4.69) is 10.6 Å². The zero-order chi connectivity index (χ0) is 14.4. The molecule has 0 aliphatic rings. The molecule has 0 fully saturated rings. The molecule has 0 unspecified atom stereocenters. The Labute approximate surface area is 129 Å². The number of hydrogen-bond donors (Lipinski definition) is 3. The summed E-state index contributed by atoms with van der Waals surface area (Å²) in [4.78, 5) is 22.5. The summed E-state index contributed by atoms with van der Waals surface area (Å²) in [6, 6.07) is 4.90. The molecule has 7 heteroatoms. The van der Waals surface area contributed by atoms with Gasteiger partial charge in [0.1, 0.15) is 0 Å². The van der Waals surface area contributed by atoms with Crippen LogP contribution >= 0.6 is 34.8 Å². The number of halogens is 1. The fourth-order valence-electron chi connectivity index (χ4n) is 1.37. The van der Waals surface area contributed by atoms with Crippen molar-refractivity contribution >= 4 is 57.5 Å². The van der Waals surface area contributed by atoms with E-state index in [1.165, 1.54) is 6.07 Å². The number of carbonyl (C=O) groups is 2. The van der Waals surface area contributed by atoms with Crippen LogP contribution in [0.4, 0.5) is 5.69 Å². The molecule has 1 rings (SSSR count). The largest absolute Gasteiger partial charge is 0.478 e. The first-order valence-corrected chi connectivity index (χ1v) is 7.06. The zero-order valence-corrected chi connectivity index (χ0v) is 13.2. The molecule has 0 heterocycles. The van der Waals surface area contributed by atoms with Crippen LogP contribution < -0.4 is 10.6 Å². The van der Waals surface area contributed by atoms with Crippen molar-refractivity contribution in [2.24, 2.45) is 0 Å². The lowest BCUT2D eigenvalue weighted by molar-refractivity contribution is -0.119. The van der Waals surface area contributed by atoms with Crippen LogP contribution in [0.25, 0.3) is 0 Å². The van der Waals surface area contributed by atoms with Gasteiger partial charge in [-0.2, -0.15) is 0 Å². The van der Waals surface area contributed by atoms with Crippen molar-refractivity contribution in [3.05, 3.63) is 27.3 Å². The normalized spacial score (nSPS) is 9.79. The maximum Gasteiger partial charge on any atom is 0.337 e. The van der Waals surface area contributed by atoms with E-state index in [0.29, 0.717) is 12.1 Å². The summed E-state index contributed by atoms with van der Waals surface area (Å²) in [5.74, 6) is -1.24. The summed E-state index contributed by atoms with van der Waals surface area (Å²) in [5, 5.41) is 14.4. The fraction of sp³-hybridized carbons (Fsp3) is 0.250. The van der Waals surface area contributed by atoms with Gasteiger partial charge < -0.3 is 15.7 Å². The van der Waals surface area contributed by atoms with Crippen LogP contribution in [0.15, 0.2) is 18.2 Å². The van der Waals surface area contributed by atoms with E-state index >= 15 is 0 Å². The molecule has 0 aliphatic heterocycles. The molecule has 1 aromatic rings. The van der Waals surface area contributed by atoms with Crippen molar-refractivity contribution in [3.8, 4) is 0 Å². The fourth-order valence-corrected chi connectivity index (χ4v) is 2.09. The summed E-state index contributed by atoms with van der Waals surface area (Å²) in [5.41, 5.74) is 0.466. The Morgan fingerprint density at radius 2 is 2.11 bits per heavy atom. The number of nitrogens with one attached hydrogen (secondary N) is 2. The third-order valence-corrected chi connectivity index (χ3v) is 3.07. The predicted molar refractivity (Wildman–Crippen MR) is 85.4 cm³/mol. The molecule has 0 aliphatic carbocycles. The first-order valence-electron chi connectivity index (χ1n) is 5.57. The van der Waals surface area contributed by atoms with Gasteiger partial charge in [0.25, 0.3) is 0 Å². The molecule has 0 spiro atoms. The van der Waals surface area contributed by atoms with Crippen LogP contribution in [-0.2, 0) is 4.79 Å². The van der Waals surface area contributed by atoms with Gasteiger partial charge in [0.15, 0.2) is 5.11 Å². The molecular weight excluding hydrogens is 379 g/mol. The number of aromatic carboxylic acids is 1. The van der Waals surface area contributed by atoms with E-state index in [1.807, 2.05) is 29.5 Å². The highest BCUT2D eigenvalue weighted by atomic mass is 127. The van der Waals surface area contributed by atoms with Crippen LogP contribution in [0, 0.1) is 3.57 Å². The van der Waals surface area contributed by atoms with Gasteiger partial charge in [0.05, 0.1) is 11.3 Å². The summed E-state index contributed by atoms with van der Waals surface area (Å²) in [6.45, 7) is 1.89. The molecule has 0 saturated carbocycles. The number of benzene rings is 1. The van der Waals surface area contributed by atoms with Crippen molar-refractivity contribution in [2.75, 3.05) is 5.32 Å². The van der Waals surface area contributed by atoms with Crippen molar-refractivity contribution < 1.29 is 14.7 Å². The van der Waals surface area contributed by atoms with E-state index in [1.54, 1.807) is 12.1 Å². The lowest BCUT2D eigenvalue weighted by atomic mass is 10.2. The number of thiocarbonyl (C=S) groups is 1. The van der Waals surface area contributed by atoms with Gasteiger partial charge >= 0.3 is 5.97 Å². The minimum absolute atomic E-state index is 0.0992. The number of carbonyl (C=O) groups excluding carboxylic acids is 1. The third kappa shape index (κ3) is 5.11. The Morgan fingerprint density at radius 1 is 1.42 bits per heavy atom. The quantitative estimate of drug-likeness (QED) is 0.543. The molecule has 1 amide bonds. The summed E-state index contributed by atoms with van der Waals surface area (Å²) < 4.78 is 0.807. The van der Waals surface area contributed by atoms with Gasteiger partial charge in [-0.25, -0.2) is 4.79 Å². The molecule has 1 aromatic carbocycles. The Morgan fingerprint density at radius 3 is 2.68 bits per heavy atom. The third-order valence-electron chi connectivity index (χ3n) is 2.19. The van der Waals surface area contributed by atoms with Gasteiger partial charge in [0.2, 0.25) is 5.91 Å². The second-order valence-corrected chi connectivity index (χ2v) is 5.40. The van der Waals surface area contributed by atoms with E-state index in [0.717, 1.165) is 9.99 Å². The first-order chi connectivity index (χ1) is 8.93. The van der Waals surface area contributed by atoms with E-state index in [9.17, 15) is 9.59 Å². The second kappa shape index (κ2) is 7.39. The highest BCUT2D eigenvalue weighted by molar-refractivity contribution is 14.1. The number of amides is 1. The Bertz CT molecular complexity index is 520. The van der Waals surface area contributed by atoms with Gasteiger partial charge in [-0.15, -0.1) is 0 Å². The maximum absolute atomic E-state index is 11.4. The minimum Gasteiger partial charge on any atom is -0.478 e. The predicted octanol–water partition coefficient (Wildman–Crippen LogP) is 2.60. The zero-order valence-electron chi connectivity index (χ0n) is 10.2. The SMILES string of the molecule is CCCC(=O)NC(=S)Nc1ccc(I)cc1C(=O)O. The number of carboxylic acids is 1. The highest BCUT2D eigenvalue weighted by Crippen LogP contribution is 2.18. The lowest BCUT2D eigenvalue weighted by Crippen LogP contribution is -2.34. The maximum atomic E-state index is 11.4. The van der Waals surface area contributed by atoms with Crippen LogP contribution in [0.2, 0.25) is 0 Å². The number of anilines is 1. The smallest absolute Gasteiger partial charge is 0.337 e. The van der Waals surface area contributed by atoms with Crippen LogP contribution in [0.1, 0.15) is 30.1 Å². The summed E-state index contributed by atoms with van der Waals surface area (Å²) >= 11 is 6.99. The van der Waals surface area contributed by atoms with Gasteiger partial charge in [-0.05, 0) is 59.4 Å². The number of rotatable bonds is 4. The Balaban J connectivity index is 2.79. The second-order valence-electron chi connectivity index (χ2n) is 3.75. The molecular formula is C12H13IN2O3S. The lowest BCUT2D eigenvalue weighted by Gasteiger charge is -2.11. The van der Waals surface area contributed by atoms with Crippen molar-refractivity contribution in [2.45, 2.75) is 19.8 Å². The molecule has 19 heavy (non-hydrogen) atoms.